The number of aryl methyl sites for hydroxylation is 1. The first-order valence-electron chi connectivity index (χ1n) is 10.2. The minimum atomic E-state index is -0.167. The maximum atomic E-state index is 14.5. The molecule has 0 amide bonds. The molecule has 0 radical (unpaired) electrons. The van der Waals surface area contributed by atoms with Crippen LogP contribution in [0.25, 0.3) is 0 Å². The second-order valence-electron chi connectivity index (χ2n) is 8.39. The quantitative estimate of drug-likeness (QED) is 0.533. The van der Waals surface area contributed by atoms with Gasteiger partial charge >= 0.3 is 0 Å². The van der Waals surface area contributed by atoms with Gasteiger partial charge in [-0.05, 0) is 74.6 Å². The lowest BCUT2D eigenvalue weighted by atomic mass is 9.93. The lowest BCUT2D eigenvalue weighted by Crippen LogP contribution is -2.37. The summed E-state index contributed by atoms with van der Waals surface area (Å²) in [4.78, 5) is 3.41. The fraction of sp³-hybridized carbons (Fsp3) is 0.571. The molecule has 2 N–H and O–H groups in total. The van der Waals surface area contributed by atoms with Crippen molar-refractivity contribution in [3.05, 3.63) is 50.8 Å². The van der Waals surface area contributed by atoms with Crippen LogP contribution in [0.4, 0.5) is 4.39 Å². The normalized spacial score (nSPS) is 28.2. The van der Waals surface area contributed by atoms with Crippen LogP contribution in [0.15, 0.2) is 18.2 Å². The summed E-state index contributed by atoms with van der Waals surface area (Å²) in [6.07, 6.45) is 5.31. The van der Waals surface area contributed by atoms with Crippen LogP contribution >= 0.6 is 23.8 Å². The zero-order chi connectivity index (χ0) is 19.3. The minimum Gasteiger partial charge on any atom is -0.380 e. The Morgan fingerprint density at radius 3 is 3.14 bits per heavy atom. The van der Waals surface area contributed by atoms with Crippen molar-refractivity contribution in [3.8, 4) is 0 Å². The number of hydrogen-bond donors (Lipinski definition) is 2. The van der Waals surface area contributed by atoms with E-state index in [1.165, 1.54) is 23.9 Å². The van der Waals surface area contributed by atoms with Gasteiger partial charge in [0.2, 0.25) is 0 Å². The molecule has 7 heteroatoms. The fourth-order valence-electron chi connectivity index (χ4n) is 5.13. The monoisotopic (exact) mass is 421 g/mol. The van der Waals surface area contributed by atoms with Crippen molar-refractivity contribution in [2.24, 2.45) is 0 Å². The highest BCUT2D eigenvalue weighted by molar-refractivity contribution is 7.71. The van der Waals surface area contributed by atoms with Gasteiger partial charge in [0, 0.05) is 46.9 Å². The highest BCUT2D eigenvalue weighted by Crippen LogP contribution is 2.66. The van der Waals surface area contributed by atoms with Crippen LogP contribution in [0.3, 0.4) is 0 Å². The number of hydrogen-bond acceptors (Lipinski definition) is 3. The molecular weight excluding hydrogens is 397 g/mol. The molecule has 0 unspecified atom stereocenters. The van der Waals surface area contributed by atoms with Gasteiger partial charge < -0.3 is 19.6 Å². The summed E-state index contributed by atoms with van der Waals surface area (Å²) in [5.41, 5.74) is 3.08. The van der Waals surface area contributed by atoms with E-state index in [0.717, 1.165) is 62.3 Å². The molecular formula is C21H25ClFN3OS. The molecule has 1 saturated heterocycles. The van der Waals surface area contributed by atoms with Crippen molar-refractivity contribution < 1.29 is 9.13 Å². The molecule has 150 valence electrons. The molecule has 3 heterocycles. The van der Waals surface area contributed by atoms with Gasteiger partial charge in [0.25, 0.3) is 0 Å². The van der Waals surface area contributed by atoms with Gasteiger partial charge in [-0.1, -0.05) is 11.6 Å². The van der Waals surface area contributed by atoms with Gasteiger partial charge in [-0.2, -0.15) is 0 Å². The van der Waals surface area contributed by atoms with Crippen LogP contribution in [-0.4, -0.2) is 35.4 Å². The summed E-state index contributed by atoms with van der Waals surface area (Å²) in [5, 5.41) is 4.19. The number of nitrogens with one attached hydrogen (secondary N) is 2. The summed E-state index contributed by atoms with van der Waals surface area (Å²) in [6.45, 7) is 3.43. The number of halogens is 2. The Bertz CT molecular complexity index is 952. The zero-order valence-electron chi connectivity index (χ0n) is 15.8. The Morgan fingerprint density at radius 2 is 2.32 bits per heavy atom. The van der Waals surface area contributed by atoms with E-state index >= 15 is 0 Å². The van der Waals surface area contributed by atoms with Crippen LogP contribution in [0.1, 0.15) is 48.6 Å². The minimum absolute atomic E-state index is 0.159. The second kappa shape index (κ2) is 7.24. The lowest BCUT2D eigenvalue weighted by Gasteiger charge is -2.23. The molecule has 5 rings (SSSR count). The molecule has 3 aliphatic rings. The molecule has 1 aromatic heterocycles. The summed E-state index contributed by atoms with van der Waals surface area (Å²) < 4.78 is 23.0. The van der Waals surface area contributed by atoms with Crippen LogP contribution in [0, 0.1) is 10.6 Å². The van der Waals surface area contributed by atoms with Crippen LogP contribution in [-0.2, 0) is 23.1 Å². The highest BCUT2D eigenvalue weighted by atomic mass is 35.5. The third-order valence-corrected chi connectivity index (χ3v) is 7.17. The van der Waals surface area contributed by atoms with Gasteiger partial charge in [0.05, 0.1) is 6.61 Å². The molecule has 4 nitrogen and oxygen atoms in total. The Kier molecular flexibility index (Phi) is 4.86. The van der Waals surface area contributed by atoms with E-state index in [2.05, 4.69) is 14.9 Å². The third-order valence-electron chi connectivity index (χ3n) is 6.61. The zero-order valence-corrected chi connectivity index (χ0v) is 17.3. The van der Waals surface area contributed by atoms with Crippen LogP contribution < -0.4 is 5.32 Å². The molecule has 0 bridgehead atoms. The van der Waals surface area contributed by atoms with E-state index in [1.54, 1.807) is 12.1 Å². The van der Waals surface area contributed by atoms with Crippen molar-refractivity contribution >= 4 is 23.8 Å². The number of fused-ring (bicyclic) bond motifs is 3. The van der Waals surface area contributed by atoms with Crippen molar-refractivity contribution in [2.45, 2.75) is 56.0 Å². The van der Waals surface area contributed by atoms with Crippen LogP contribution in [0.5, 0.6) is 0 Å². The smallest absolute Gasteiger partial charge is 0.177 e. The molecule has 2 aromatic rings. The molecule has 1 aromatic carbocycles. The molecule has 2 fully saturated rings. The maximum absolute atomic E-state index is 14.5. The molecule has 2 aliphatic heterocycles. The average molecular weight is 422 g/mol. The Hall–Kier alpha value is -1.21. The summed E-state index contributed by atoms with van der Waals surface area (Å²) in [5.74, 6) is 0.177. The van der Waals surface area contributed by atoms with Gasteiger partial charge in [-0.3, -0.25) is 0 Å². The predicted molar refractivity (Wildman–Crippen MR) is 110 cm³/mol. The average Bonchev–Trinajstić information content (AvgIpc) is 3.19. The Balaban J connectivity index is 1.28. The van der Waals surface area contributed by atoms with Crippen molar-refractivity contribution in [1.29, 1.82) is 0 Å². The van der Waals surface area contributed by atoms with E-state index < -0.39 is 0 Å². The first-order valence-corrected chi connectivity index (χ1v) is 11.0. The lowest BCUT2D eigenvalue weighted by molar-refractivity contribution is 0.0705. The van der Waals surface area contributed by atoms with Gasteiger partial charge in [0.1, 0.15) is 5.82 Å². The second-order valence-corrected chi connectivity index (χ2v) is 9.21. The summed E-state index contributed by atoms with van der Waals surface area (Å²) in [6, 6.07) is 5.38. The number of rotatable bonds is 6. The van der Waals surface area contributed by atoms with Crippen LogP contribution in [0.2, 0.25) is 5.02 Å². The predicted octanol–water partition coefficient (Wildman–Crippen LogP) is 4.48. The molecule has 3 atom stereocenters. The van der Waals surface area contributed by atoms with E-state index in [0.29, 0.717) is 17.0 Å². The topological polar surface area (TPSA) is 42.0 Å². The van der Waals surface area contributed by atoms with E-state index in [-0.39, 0.29) is 11.2 Å². The van der Waals surface area contributed by atoms with Gasteiger partial charge in [-0.25, -0.2) is 4.39 Å². The number of H-pyrrole nitrogens is 1. The number of ether oxygens (including phenoxy) is 1. The molecule has 1 saturated carbocycles. The number of aromatic amines is 1. The number of aromatic nitrogens is 2. The standard InChI is InChI=1S/C21H25ClFN3OS/c22-13-5-6-17(23)15(9-13)21-10-16(21)19-18(25-20(28)26(19)12-21)4-1-7-24-14-3-2-8-27-11-14/h5-6,9,14,16,24H,1-4,7-8,10-12H2,(H,25,28)/t14-,16-,21+/m0/s1. The first-order chi connectivity index (χ1) is 13.6. The number of imidazole rings is 1. The summed E-state index contributed by atoms with van der Waals surface area (Å²) in [7, 11) is 0. The van der Waals surface area contributed by atoms with E-state index in [1.807, 2.05) is 0 Å². The van der Waals surface area contributed by atoms with Gasteiger partial charge in [0.15, 0.2) is 4.77 Å². The number of nitrogens with zero attached hydrogens (tertiary/aromatic N) is 1. The van der Waals surface area contributed by atoms with Crippen molar-refractivity contribution in [2.75, 3.05) is 19.8 Å². The molecule has 28 heavy (non-hydrogen) atoms. The maximum Gasteiger partial charge on any atom is 0.177 e. The third kappa shape index (κ3) is 3.15. The fourth-order valence-corrected chi connectivity index (χ4v) is 5.59. The Labute approximate surface area is 174 Å². The SMILES string of the molecule is Fc1ccc(Cl)cc1[C@]12C[C@H]1c1c(CCCN[C@H]3CCCOC3)[nH]c(=S)n1C2. The highest BCUT2D eigenvalue weighted by Gasteiger charge is 2.63. The van der Waals surface area contributed by atoms with Crippen molar-refractivity contribution in [1.82, 2.24) is 14.9 Å². The first kappa shape index (κ1) is 18.8. The summed E-state index contributed by atoms with van der Waals surface area (Å²) >= 11 is 11.7. The van der Waals surface area contributed by atoms with Gasteiger partial charge in [-0.15, -0.1) is 0 Å². The van der Waals surface area contributed by atoms with E-state index in [4.69, 9.17) is 28.6 Å². The molecule has 0 spiro atoms. The van der Waals surface area contributed by atoms with Crippen molar-refractivity contribution in [3.63, 3.8) is 0 Å². The molecule has 1 aliphatic carbocycles. The number of benzene rings is 1. The largest absolute Gasteiger partial charge is 0.380 e. The Morgan fingerprint density at radius 1 is 1.43 bits per heavy atom. The van der Waals surface area contributed by atoms with E-state index in [9.17, 15) is 4.39 Å².